The summed E-state index contributed by atoms with van der Waals surface area (Å²) in [5.41, 5.74) is 1.51. The number of anilines is 2. The van der Waals surface area contributed by atoms with Crippen LogP contribution in [0.4, 0.5) is 15.8 Å². The number of methoxy groups -OCH3 is 1. The summed E-state index contributed by atoms with van der Waals surface area (Å²) in [4.78, 5) is 28.0. The van der Waals surface area contributed by atoms with Crippen LogP contribution in [0, 0.1) is 5.82 Å². The standard InChI is InChI=1S/C25H21FN2O4/c1-3-32-21-11-7-5-9-19(21)27-23-22(18-8-4-6-10-20(18)31-2)24(29)28(25(23)30)17-14-12-16(26)13-15-17/h4-15,27H,3H2,1-2H3. The number of imide groups is 1. The van der Waals surface area contributed by atoms with E-state index in [1.165, 1.54) is 31.4 Å². The molecule has 1 aliphatic heterocycles. The van der Waals surface area contributed by atoms with E-state index in [0.29, 0.717) is 29.4 Å². The maximum atomic E-state index is 13.5. The van der Waals surface area contributed by atoms with Gasteiger partial charge < -0.3 is 14.8 Å². The number of hydrogen-bond acceptors (Lipinski definition) is 5. The molecule has 0 radical (unpaired) electrons. The number of para-hydroxylation sites is 3. The Bertz CT molecular complexity index is 1200. The summed E-state index contributed by atoms with van der Waals surface area (Å²) in [6, 6.07) is 19.3. The predicted molar refractivity (Wildman–Crippen MR) is 120 cm³/mol. The molecule has 32 heavy (non-hydrogen) atoms. The lowest BCUT2D eigenvalue weighted by molar-refractivity contribution is -0.120. The first-order valence-corrected chi connectivity index (χ1v) is 10.1. The number of amides is 2. The molecule has 7 heteroatoms. The van der Waals surface area contributed by atoms with Crippen molar-refractivity contribution in [1.29, 1.82) is 0 Å². The molecule has 1 N–H and O–H groups in total. The third kappa shape index (κ3) is 3.80. The Morgan fingerprint density at radius 3 is 2.22 bits per heavy atom. The van der Waals surface area contributed by atoms with E-state index in [9.17, 15) is 14.0 Å². The number of carbonyl (C=O) groups excluding carboxylic acids is 2. The molecule has 0 fully saturated rings. The van der Waals surface area contributed by atoms with Gasteiger partial charge in [0.1, 0.15) is 23.0 Å². The summed E-state index contributed by atoms with van der Waals surface area (Å²) in [6.45, 7) is 2.29. The summed E-state index contributed by atoms with van der Waals surface area (Å²) in [5, 5.41) is 3.10. The molecular weight excluding hydrogens is 411 g/mol. The van der Waals surface area contributed by atoms with Crippen LogP contribution in [0.5, 0.6) is 11.5 Å². The van der Waals surface area contributed by atoms with Crippen LogP contribution in [0.25, 0.3) is 5.57 Å². The van der Waals surface area contributed by atoms with Gasteiger partial charge in [0.05, 0.1) is 30.7 Å². The molecule has 3 aromatic carbocycles. The molecule has 0 aromatic heterocycles. The second-order valence-corrected chi connectivity index (χ2v) is 6.93. The number of benzene rings is 3. The minimum absolute atomic E-state index is 0.0796. The van der Waals surface area contributed by atoms with Crippen molar-refractivity contribution < 1.29 is 23.5 Å². The fourth-order valence-corrected chi connectivity index (χ4v) is 3.56. The molecule has 162 valence electrons. The van der Waals surface area contributed by atoms with Gasteiger partial charge in [0.15, 0.2) is 0 Å². The lowest BCUT2D eigenvalue weighted by Crippen LogP contribution is -2.32. The van der Waals surface area contributed by atoms with Gasteiger partial charge in [0, 0.05) is 5.56 Å². The Hall–Kier alpha value is -4.13. The van der Waals surface area contributed by atoms with Crippen LogP contribution in [0.15, 0.2) is 78.5 Å². The van der Waals surface area contributed by atoms with E-state index in [2.05, 4.69) is 5.32 Å². The van der Waals surface area contributed by atoms with Crippen molar-refractivity contribution >= 4 is 28.8 Å². The Kier molecular flexibility index (Phi) is 5.89. The van der Waals surface area contributed by atoms with Crippen molar-refractivity contribution in [3.05, 3.63) is 89.9 Å². The average molecular weight is 432 g/mol. The van der Waals surface area contributed by atoms with Crippen LogP contribution in [-0.2, 0) is 9.59 Å². The zero-order valence-electron chi connectivity index (χ0n) is 17.6. The summed E-state index contributed by atoms with van der Waals surface area (Å²) < 4.78 is 24.5. The van der Waals surface area contributed by atoms with Gasteiger partial charge in [-0.3, -0.25) is 9.59 Å². The molecule has 6 nitrogen and oxygen atoms in total. The first-order chi connectivity index (χ1) is 15.5. The Morgan fingerprint density at radius 1 is 0.875 bits per heavy atom. The maximum absolute atomic E-state index is 13.5. The molecule has 1 aliphatic rings. The Balaban J connectivity index is 1.86. The molecule has 0 aliphatic carbocycles. The molecule has 0 bridgehead atoms. The van der Waals surface area contributed by atoms with Gasteiger partial charge in [-0.2, -0.15) is 0 Å². The highest BCUT2D eigenvalue weighted by Crippen LogP contribution is 2.38. The number of nitrogens with one attached hydrogen (secondary N) is 1. The second kappa shape index (κ2) is 8.93. The van der Waals surface area contributed by atoms with E-state index < -0.39 is 17.6 Å². The number of hydrogen-bond donors (Lipinski definition) is 1. The van der Waals surface area contributed by atoms with E-state index >= 15 is 0 Å². The van der Waals surface area contributed by atoms with Crippen LogP contribution in [0.1, 0.15) is 12.5 Å². The highest BCUT2D eigenvalue weighted by Gasteiger charge is 2.41. The largest absolute Gasteiger partial charge is 0.496 e. The highest BCUT2D eigenvalue weighted by atomic mass is 19.1. The third-order valence-corrected chi connectivity index (χ3v) is 4.99. The molecule has 1 heterocycles. The molecule has 0 unspecified atom stereocenters. The van der Waals surface area contributed by atoms with Gasteiger partial charge >= 0.3 is 0 Å². The van der Waals surface area contributed by atoms with Gasteiger partial charge in [0.25, 0.3) is 11.8 Å². The van der Waals surface area contributed by atoms with Crippen LogP contribution < -0.4 is 19.7 Å². The zero-order valence-corrected chi connectivity index (χ0v) is 17.6. The van der Waals surface area contributed by atoms with E-state index in [1.807, 2.05) is 13.0 Å². The van der Waals surface area contributed by atoms with E-state index in [1.54, 1.807) is 42.5 Å². The summed E-state index contributed by atoms with van der Waals surface area (Å²) >= 11 is 0. The average Bonchev–Trinajstić information content (AvgIpc) is 3.05. The SMILES string of the molecule is CCOc1ccccc1NC1=C(c2ccccc2OC)C(=O)N(c2ccc(F)cc2)C1=O. The van der Waals surface area contributed by atoms with Crippen molar-refractivity contribution in [2.75, 3.05) is 23.9 Å². The molecule has 0 saturated carbocycles. The second-order valence-electron chi connectivity index (χ2n) is 6.93. The van der Waals surface area contributed by atoms with Crippen molar-refractivity contribution in [2.45, 2.75) is 6.92 Å². The van der Waals surface area contributed by atoms with Crippen LogP contribution in [0.3, 0.4) is 0 Å². The molecule has 0 spiro atoms. The molecular formula is C25H21FN2O4. The summed E-state index contributed by atoms with van der Waals surface area (Å²) in [5.74, 6) is -0.574. The summed E-state index contributed by atoms with van der Waals surface area (Å²) in [6.07, 6.45) is 0. The maximum Gasteiger partial charge on any atom is 0.282 e. The molecule has 4 rings (SSSR count). The van der Waals surface area contributed by atoms with Crippen molar-refractivity contribution in [1.82, 2.24) is 0 Å². The highest BCUT2D eigenvalue weighted by molar-refractivity contribution is 6.46. The fraction of sp³-hybridized carbons (Fsp3) is 0.120. The smallest absolute Gasteiger partial charge is 0.282 e. The lowest BCUT2D eigenvalue weighted by atomic mass is 10.0. The number of halogens is 1. The minimum atomic E-state index is -0.561. The normalized spacial score (nSPS) is 13.5. The Morgan fingerprint density at radius 2 is 1.53 bits per heavy atom. The lowest BCUT2D eigenvalue weighted by Gasteiger charge is -2.16. The topological polar surface area (TPSA) is 67.9 Å². The first kappa shape index (κ1) is 21.1. The van der Waals surface area contributed by atoms with Gasteiger partial charge in [-0.1, -0.05) is 30.3 Å². The Labute approximate surface area is 184 Å². The van der Waals surface area contributed by atoms with Crippen LogP contribution in [-0.4, -0.2) is 25.5 Å². The monoisotopic (exact) mass is 432 g/mol. The third-order valence-electron chi connectivity index (χ3n) is 4.99. The van der Waals surface area contributed by atoms with E-state index in [0.717, 1.165) is 4.90 Å². The predicted octanol–water partition coefficient (Wildman–Crippen LogP) is 4.63. The number of ether oxygens (including phenoxy) is 2. The zero-order chi connectivity index (χ0) is 22.7. The molecule has 3 aromatic rings. The van der Waals surface area contributed by atoms with Crippen molar-refractivity contribution in [2.24, 2.45) is 0 Å². The quantitative estimate of drug-likeness (QED) is 0.552. The first-order valence-electron chi connectivity index (χ1n) is 10.1. The van der Waals surface area contributed by atoms with E-state index in [4.69, 9.17) is 9.47 Å². The molecule has 0 atom stereocenters. The minimum Gasteiger partial charge on any atom is -0.496 e. The van der Waals surface area contributed by atoms with E-state index in [-0.39, 0.29) is 17.0 Å². The summed E-state index contributed by atoms with van der Waals surface area (Å²) in [7, 11) is 1.50. The van der Waals surface area contributed by atoms with Gasteiger partial charge in [-0.05, 0) is 49.4 Å². The fourth-order valence-electron chi connectivity index (χ4n) is 3.56. The molecule has 2 amide bonds. The van der Waals surface area contributed by atoms with Crippen LogP contribution >= 0.6 is 0 Å². The number of rotatable bonds is 7. The van der Waals surface area contributed by atoms with Gasteiger partial charge in [-0.25, -0.2) is 9.29 Å². The number of carbonyl (C=O) groups is 2. The van der Waals surface area contributed by atoms with Gasteiger partial charge in [0.2, 0.25) is 0 Å². The van der Waals surface area contributed by atoms with Crippen molar-refractivity contribution in [3.8, 4) is 11.5 Å². The molecule has 0 saturated heterocycles. The van der Waals surface area contributed by atoms with Crippen LogP contribution in [0.2, 0.25) is 0 Å². The van der Waals surface area contributed by atoms with Gasteiger partial charge in [-0.15, -0.1) is 0 Å². The number of nitrogens with zero attached hydrogens (tertiary/aromatic N) is 1. The van der Waals surface area contributed by atoms with Crippen molar-refractivity contribution in [3.63, 3.8) is 0 Å².